The topological polar surface area (TPSA) is 60.2 Å². The number of halogens is 1. The van der Waals surface area contributed by atoms with Gasteiger partial charge < -0.3 is 10.1 Å². The molecule has 0 bridgehead atoms. The molecule has 0 atom stereocenters. The Morgan fingerprint density at radius 1 is 1.10 bits per heavy atom. The molecule has 116 valence electrons. The molecule has 0 spiro atoms. The van der Waals surface area contributed by atoms with E-state index in [2.05, 4.69) is 43.3 Å². The molecule has 1 saturated heterocycles. The first-order valence-corrected chi connectivity index (χ1v) is 7.01. The van der Waals surface area contributed by atoms with E-state index >= 15 is 0 Å². The van der Waals surface area contributed by atoms with Crippen molar-refractivity contribution in [3.8, 4) is 5.75 Å². The minimum absolute atomic E-state index is 0. The lowest BCUT2D eigenvalue weighted by Crippen LogP contribution is -2.60. The summed E-state index contributed by atoms with van der Waals surface area (Å²) >= 11 is 0. The first-order chi connectivity index (χ1) is 9.33. The summed E-state index contributed by atoms with van der Waals surface area (Å²) in [6.07, 6.45) is 2.15. The van der Waals surface area contributed by atoms with Crippen LogP contribution in [0.3, 0.4) is 0 Å². The van der Waals surface area contributed by atoms with Crippen molar-refractivity contribution < 1.29 is 9.37 Å². The fraction of sp³-hybridized carbons (Fsp3) is 0.600. The highest BCUT2D eigenvalue weighted by Gasteiger charge is 2.38. The fourth-order valence-electron chi connectivity index (χ4n) is 3.34. The highest BCUT2D eigenvalue weighted by atomic mass is 35.5. The molecule has 1 N–H and O–H groups in total. The molecule has 1 aromatic heterocycles. The summed E-state index contributed by atoms with van der Waals surface area (Å²) in [4.78, 5) is 0. The average Bonchev–Trinajstić information content (AvgIpc) is 2.71. The zero-order valence-electron chi connectivity index (χ0n) is 12.8. The van der Waals surface area contributed by atoms with Crippen LogP contribution < -0.4 is 10.1 Å². The largest absolute Gasteiger partial charge is 0.490 e. The Balaban J connectivity index is 0.00000161. The molecule has 1 aromatic carbocycles. The molecule has 1 fully saturated rings. The van der Waals surface area contributed by atoms with E-state index in [1.807, 2.05) is 18.2 Å². The van der Waals surface area contributed by atoms with Gasteiger partial charge in [-0.05, 0) is 50.1 Å². The fourth-order valence-corrected chi connectivity index (χ4v) is 3.34. The summed E-state index contributed by atoms with van der Waals surface area (Å²) in [6.45, 7) is 8.87. The maximum Gasteiger partial charge on any atom is 0.138 e. The van der Waals surface area contributed by atoms with Gasteiger partial charge in [0.15, 0.2) is 0 Å². The molecule has 0 radical (unpaired) electrons. The van der Waals surface area contributed by atoms with Crippen molar-refractivity contribution in [2.75, 3.05) is 0 Å². The number of benzene rings is 1. The van der Waals surface area contributed by atoms with Crippen LogP contribution in [0.25, 0.3) is 11.0 Å². The van der Waals surface area contributed by atoms with Crippen molar-refractivity contribution in [1.82, 2.24) is 15.6 Å². The SMILES string of the molecule is CC1(C)CC(Oc2ccc3nonc3c2)CC(C)(C)N1.Cl. The number of nitrogens with one attached hydrogen (secondary N) is 1. The number of hydrogen-bond donors (Lipinski definition) is 1. The smallest absolute Gasteiger partial charge is 0.138 e. The average molecular weight is 312 g/mol. The van der Waals surface area contributed by atoms with Crippen LogP contribution in [-0.4, -0.2) is 27.5 Å². The Bertz CT molecular complexity index is 608. The van der Waals surface area contributed by atoms with Gasteiger partial charge in [-0.2, -0.15) is 0 Å². The highest BCUT2D eigenvalue weighted by molar-refractivity contribution is 5.85. The van der Waals surface area contributed by atoms with Gasteiger partial charge in [0.25, 0.3) is 0 Å². The molecule has 0 amide bonds. The number of rotatable bonds is 2. The minimum atomic E-state index is 0. The predicted molar refractivity (Wildman–Crippen MR) is 84.0 cm³/mol. The van der Waals surface area contributed by atoms with Crippen molar-refractivity contribution in [3.63, 3.8) is 0 Å². The summed E-state index contributed by atoms with van der Waals surface area (Å²) in [5.74, 6) is 0.826. The third-order valence-corrected chi connectivity index (χ3v) is 3.68. The van der Waals surface area contributed by atoms with Crippen molar-refractivity contribution in [2.24, 2.45) is 0 Å². The number of piperidine rings is 1. The monoisotopic (exact) mass is 311 g/mol. The molecule has 2 aromatic rings. The van der Waals surface area contributed by atoms with Crippen molar-refractivity contribution in [2.45, 2.75) is 57.7 Å². The molecule has 1 aliphatic heterocycles. The molecule has 21 heavy (non-hydrogen) atoms. The molecule has 6 heteroatoms. The van der Waals surface area contributed by atoms with E-state index in [1.54, 1.807) is 0 Å². The maximum atomic E-state index is 6.15. The lowest BCUT2D eigenvalue weighted by molar-refractivity contribution is 0.0560. The summed E-state index contributed by atoms with van der Waals surface area (Å²) in [5.41, 5.74) is 1.64. The second-order valence-electron chi connectivity index (χ2n) is 6.96. The van der Waals surface area contributed by atoms with Crippen LogP contribution in [0.4, 0.5) is 0 Å². The van der Waals surface area contributed by atoms with Crippen molar-refractivity contribution >= 4 is 23.4 Å². The van der Waals surface area contributed by atoms with Crippen LogP contribution in [0.1, 0.15) is 40.5 Å². The zero-order chi connectivity index (χ0) is 14.4. The third-order valence-electron chi connectivity index (χ3n) is 3.68. The van der Waals surface area contributed by atoms with Crippen LogP contribution in [0.2, 0.25) is 0 Å². The third kappa shape index (κ3) is 3.66. The van der Waals surface area contributed by atoms with E-state index < -0.39 is 0 Å². The Hall–Kier alpha value is -1.33. The number of hydrogen-bond acceptors (Lipinski definition) is 5. The minimum Gasteiger partial charge on any atom is -0.490 e. The second kappa shape index (κ2) is 5.46. The molecular formula is C15H22ClN3O2. The summed E-state index contributed by atoms with van der Waals surface area (Å²) < 4.78 is 10.9. The van der Waals surface area contributed by atoms with Gasteiger partial charge in [0.1, 0.15) is 22.9 Å². The van der Waals surface area contributed by atoms with Crippen LogP contribution in [0.5, 0.6) is 5.75 Å². The van der Waals surface area contributed by atoms with Gasteiger partial charge in [0, 0.05) is 30.0 Å². The van der Waals surface area contributed by atoms with E-state index in [-0.39, 0.29) is 29.6 Å². The molecule has 0 saturated carbocycles. The van der Waals surface area contributed by atoms with E-state index in [9.17, 15) is 0 Å². The van der Waals surface area contributed by atoms with Crippen LogP contribution in [0.15, 0.2) is 22.8 Å². The molecule has 1 aliphatic rings. The molecule has 3 rings (SSSR count). The van der Waals surface area contributed by atoms with E-state index in [4.69, 9.17) is 9.37 Å². The Labute approximate surface area is 130 Å². The molecule has 5 nitrogen and oxygen atoms in total. The Morgan fingerprint density at radius 2 is 1.71 bits per heavy atom. The quantitative estimate of drug-likeness (QED) is 0.921. The van der Waals surface area contributed by atoms with Gasteiger partial charge in [-0.3, -0.25) is 0 Å². The number of nitrogens with zero attached hydrogens (tertiary/aromatic N) is 2. The molecule has 0 aliphatic carbocycles. The van der Waals surface area contributed by atoms with Gasteiger partial charge >= 0.3 is 0 Å². The first-order valence-electron chi connectivity index (χ1n) is 7.01. The maximum absolute atomic E-state index is 6.15. The molecular weight excluding hydrogens is 290 g/mol. The zero-order valence-corrected chi connectivity index (χ0v) is 13.7. The van der Waals surface area contributed by atoms with Crippen LogP contribution in [-0.2, 0) is 0 Å². The number of aromatic nitrogens is 2. The van der Waals surface area contributed by atoms with Crippen LogP contribution in [0, 0.1) is 0 Å². The van der Waals surface area contributed by atoms with Gasteiger partial charge in [-0.25, -0.2) is 4.63 Å². The second-order valence-corrected chi connectivity index (χ2v) is 6.96. The molecule has 0 unspecified atom stereocenters. The first kappa shape index (κ1) is 16.0. The van der Waals surface area contributed by atoms with Gasteiger partial charge in [-0.1, -0.05) is 0 Å². The van der Waals surface area contributed by atoms with Crippen molar-refractivity contribution in [1.29, 1.82) is 0 Å². The predicted octanol–water partition coefficient (Wildman–Crippen LogP) is 3.33. The van der Waals surface area contributed by atoms with E-state index in [1.165, 1.54) is 0 Å². The lowest BCUT2D eigenvalue weighted by Gasteiger charge is -2.46. The highest BCUT2D eigenvalue weighted by Crippen LogP contribution is 2.31. The summed E-state index contributed by atoms with van der Waals surface area (Å²) in [5, 5.41) is 11.3. The lowest BCUT2D eigenvalue weighted by atomic mass is 9.81. The van der Waals surface area contributed by atoms with Gasteiger partial charge in [-0.15, -0.1) is 12.4 Å². The number of ether oxygens (including phenoxy) is 1. The summed E-state index contributed by atoms with van der Waals surface area (Å²) in [7, 11) is 0. The van der Waals surface area contributed by atoms with Gasteiger partial charge in [0.05, 0.1) is 0 Å². The van der Waals surface area contributed by atoms with E-state index in [0.717, 1.165) is 29.6 Å². The van der Waals surface area contributed by atoms with Crippen molar-refractivity contribution in [3.05, 3.63) is 18.2 Å². The molecule has 2 heterocycles. The van der Waals surface area contributed by atoms with Crippen LogP contribution >= 0.6 is 12.4 Å². The van der Waals surface area contributed by atoms with Gasteiger partial charge in [0.2, 0.25) is 0 Å². The summed E-state index contributed by atoms with van der Waals surface area (Å²) in [6, 6.07) is 5.68. The Morgan fingerprint density at radius 3 is 2.38 bits per heavy atom. The van der Waals surface area contributed by atoms with E-state index in [0.29, 0.717) is 0 Å². The normalized spacial score (nSPS) is 21.0. The Kier molecular flexibility index (Phi) is 4.17. The standard InChI is InChI=1S/C15H21N3O2.ClH/c1-14(2)8-11(9-15(3,4)18-14)19-10-5-6-12-13(7-10)17-20-16-12;/h5-7,11,18H,8-9H2,1-4H3;1H. The number of fused-ring (bicyclic) bond motifs is 1.